The molecule has 0 saturated heterocycles. The van der Waals surface area contributed by atoms with Crippen molar-refractivity contribution in [3.63, 3.8) is 0 Å². The zero-order valence-corrected chi connectivity index (χ0v) is 26.3. The minimum absolute atomic E-state index is 0.0308. The summed E-state index contributed by atoms with van der Waals surface area (Å²) in [6, 6.07) is 0. The predicted molar refractivity (Wildman–Crippen MR) is 155 cm³/mol. The van der Waals surface area contributed by atoms with Gasteiger partial charge in [0.25, 0.3) is 0 Å². The molecule has 2 unspecified atom stereocenters. The van der Waals surface area contributed by atoms with Gasteiger partial charge in [0.2, 0.25) is 0 Å². The van der Waals surface area contributed by atoms with Gasteiger partial charge in [-0.1, -0.05) is 70.9 Å². The molecule has 1 N–H and O–H groups in total. The Balaban J connectivity index is 4.36. The number of phosphoric acid groups is 1. The summed E-state index contributed by atoms with van der Waals surface area (Å²) in [6.45, 7) is 4.09. The van der Waals surface area contributed by atoms with Crippen LogP contribution in [0.5, 0.6) is 0 Å². The number of likely N-dealkylation sites (N-methyl/N-ethyl adjacent to an activating group) is 1. The number of esters is 2. The van der Waals surface area contributed by atoms with E-state index in [1.165, 1.54) is 32.1 Å². The van der Waals surface area contributed by atoms with Crippen molar-refractivity contribution < 1.29 is 42.1 Å². The number of phosphoric ester groups is 1. The second-order valence-electron chi connectivity index (χ2n) is 11.1. The first-order valence-corrected chi connectivity index (χ1v) is 16.4. The molecular formula is C29H57NO8P+. The average Bonchev–Trinajstić information content (AvgIpc) is 2.86. The van der Waals surface area contributed by atoms with Crippen molar-refractivity contribution in [1.29, 1.82) is 0 Å². The smallest absolute Gasteiger partial charge is 0.462 e. The lowest BCUT2D eigenvalue weighted by Gasteiger charge is -2.24. The molecule has 0 radical (unpaired) electrons. The van der Waals surface area contributed by atoms with E-state index in [0.717, 1.165) is 38.5 Å². The number of rotatable bonds is 26. The van der Waals surface area contributed by atoms with E-state index in [-0.39, 0.29) is 26.1 Å². The van der Waals surface area contributed by atoms with Crippen molar-refractivity contribution in [2.24, 2.45) is 0 Å². The quantitative estimate of drug-likeness (QED) is 0.0396. The highest BCUT2D eigenvalue weighted by atomic mass is 31.2. The Morgan fingerprint density at radius 1 is 0.769 bits per heavy atom. The molecule has 230 valence electrons. The standard InChI is InChI=1S/C29H56NO8P/c1-6-8-10-11-12-13-14-15-16-17-18-19-20-22-29(32)38-27(25-35-28(31)21-9-7-2)26-37-39(33,34)36-24-23-30(3,4)5/h13-14,27H,6-12,15-26H2,1-5H3/p+1/b14-13-. The number of quaternary nitrogens is 1. The number of hydrogen-bond donors (Lipinski definition) is 1. The van der Waals surface area contributed by atoms with Crippen molar-refractivity contribution in [3.8, 4) is 0 Å². The summed E-state index contributed by atoms with van der Waals surface area (Å²) in [4.78, 5) is 34.3. The van der Waals surface area contributed by atoms with Gasteiger partial charge in [-0.3, -0.25) is 18.6 Å². The van der Waals surface area contributed by atoms with E-state index in [2.05, 4.69) is 19.1 Å². The maximum Gasteiger partial charge on any atom is 0.472 e. The van der Waals surface area contributed by atoms with Crippen LogP contribution in [0.3, 0.4) is 0 Å². The maximum absolute atomic E-state index is 12.4. The highest BCUT2D eigenvalue weighted by Crippen LogP contribution is 2.43. The van der Waals surface area contributed by atoms with E-state index in [0.29, 0.717) is 23.9 Å². The van der Waals surface area contributed by atoms with Crippen LogP contribution in [0, 0.1) is 0 Å². The van der Waals surface area contributed by atoms with Gasteiger partial charge in [0, 0.05) is 12.8 Å². The summed E-state index contributed by atoms with van der Waals surface area (Å²) in [6.07, 6.45) is 18.0. The largest absolute Gasteiger partial charge is 0.472 e. The Morgan fingerprint density at radius 3 is 1.95 bits per heavy atom. The number of allylic oxidation sites excluding steroid dienone is 2. The Labute approximate surface area is 237 Å². The van der Waals surface area contributed by atoms with Gasteiger partial charge >= 0.3 is 19.8 Å². The molecule has 9 nitrogen and oxygen atoms in total. The van der Waals surface area contributed by atoms with Crippen molar-refractivity contribution in [3.05, 3.63) is 12.2 Å². The molecule has 0 aromatic carbocycles. The molecule has 0 amide bonds. The summed E-state index contributed by atoms with van der Waals surface area (Å²) in [7, 11) is 1.46. The molecule has 0 aliphatic rings. The molecule has 0 aromatic rings. The van der Waals surface area contributed by atoms with E-state index >= 15 is 0 Å². The van der Waals surface area contributed by atoms with E-state index in [9.17, 15) is 19.0 Å². The van der Waals surface area contributed by atoms with Gasteiger partial charge in [0.15, 0.2) is 6.10 Å². The average molecular weight is 579 g/mol. The first-order valence-electron chi connectivity index (χ1n) is 14.9. The Morgan fingerprint density at radius 2 is 1.33 bits per heavy atom. The van der Waals surface area contributed by atoms with Gasteiger partial charge in [0.1, 0.15) is 19.8 Å². The van der Waals surface area contributed by atoms with Gasteiger partial charge in [-0.15, -0.1) is 0 Å². The van der Waals surface area contributed by atoms with Gasteiger partial charge in [0.05, 0.1) is 27.7 Å². The third-order valence-corrected chi connectivity index (χ3v) is 7.03. The highest BCUT2D eigenvalue weighted by Gasteiger charge is 2.27. The van der Waals surface area contributed by atoms with Crippen LogP contribution in [-0.2, 0) is 32.7 Å². The van der Waals surface area contributed by atoms with Gasteiger partial charge in [-0.2, -0.15) is 0 Å². The van der Waals surface area contributed by atoms with E-state index in [1.54, 1.807) is 0 Å². The lowest BCUT2D eigenvalue weighted by atomic mass is 10.1. The lowest BCUT2D eigenvalue weighted by Crippen LogP contribution is -2.37. The molecule has 0 saturated carbocycles. The first-order chi connectivity index (χ1) is 18.5. The summed E-state index contributed by atoms with van der Waals surface area (Å²) in [5, 5.41) is 0. The van der Waals surface area contributed by atoms with Crippen molar-refractivity contribution in [2.45, 2.75) is 116 Å². The molecule has 0 aromatic heterocycles. The maximum atomic E-state index is 12.4. The van der Waals surface area contributed by atoms with Crippen LogP contribution in [0.4, 0.5) is 0 Å². The number of carbonyl (C=O) groups is 2. The van der Waals surface area contributed by atoms with Crippen LogP contribution in [0.15, 0.2) is 12.2 Å². The molecule has 0 aliphatic heterocycles. The summed E-state index contributed by atoms with van der Waals surface area (Å²) in [5.41, 5.74) is 0. The van der Waals surface area contributed by atoms with Crippen LogP contribution in [0.2, 0.25) is 0 Å². The highest BCUT2D eigenvalue weighted by molar-refractivity contribution is 7.47. The lowest BCUT2D eigenvalue weighted by molar-refractivity contribution is -0.870. The fraction of sp³-hybridized carbons (Fsp3) is 0.862. The van der Waals surface area contributed by atoms with E-state index in [4.69, 9.17) is 18.5 Å². The number of carbonyl (C=O) groups excluding carboxylic acids is 2. The molecule has 0 heterocycles. The monoisotopic (exact) mass is 578 g/mol. The second-order valence-corrected chi connectivity index (χ2v) is 12.6. The Hall–Kier alpha value is -1.25. The van der Waals surface area contributed by atoms with E-state index < -0.39 is 32.5 Å². The third kappa shape index (κ3) is 26.7. The summed E-state index contributed by atoms with van der Waals surface area (Å²) in [5.74, 6) is -0.853. The van der Waals surface area contributed by atoms with Crippen molar-refractivity contribution in [1.82, 2.24) is 0 Å². The zero-order valence-electron chi connectivity index (χ0n) is 25.4. The Kier molecular flexibility index (Phi) is 22.7. The second kappa shape index (κ2) is 23.5. The Bertz CT molecular complexity index is 708. The van der Waals surface area contributed by atoms with Gasteiger partial charge in [-0.25, -0.2) is 4.57 Å². The summed E-state index contributed by atoms with van der Waals surface area (Å²) < 4.78 is 33.5. The fourth-order valence-electron chi connectivity index (χ4n) is 3.57. The molecule has 0 aliphatic carbocycles. The molecule has 0 fully saturated rings. The summed E-state index contributed by atoms with van der Waals surface area (Å²) >= 11 is 0. The van der Waals surface area contributed by atoms with Crippen molar-refractivity contribution in [2.75, 3.05) is 47.5 Å². The van der Waals surface area contributed by atoms with Crippen LogP contribution < -0.4 is 0 Å². The predicted octanol–water partition coefficient (Wildman–Crippen LogP) is 6.73. The third-order valence-electron chi connectivity index (χ3n) is 6.05. The number of unbranched alkanes of at least 4 members (excludes halogenated alkanes) is 10. The normalized spacial score (nSPS) is 14.3. The van der Waals surface area contributed by atoms with Crippen LogP contribution in [0.1, 0.15) is 110 Å². The zero-order chi connectivity index (χ0) is 29.4. The van der Waals surface area contributed by atoms with Crippen LogP contribution >= 0.6 is 7.82 Å². The van der Waals surface area contributed by atoms with E-state index in [1.807, 2.05) is 28.1 Å². The topological polar surface area (TPSA) is 108 Å². The molecule has 10 heteroatoms. The molecule has 39 heavy (non-hydrogen) atoms. The molecule has 0 bridgehead atoms. The van der Waals surface area contributed by atoms with Gasteiger partial charge < -0.3 is 18.9 Å². The molecule has 2 atom stereocenters. The number of ether oxygens (including phenoxy) is 2. The fourth-order valence-corrected chi connectivity index (χ4v) is 4.31. The van der Waals surface area contributed by atoms with Gasteiger partial charge in [-0.05, 0) is 38.5 Å². The van der Waals surface area contributed by atoms with Crippen LogP contribution in [-0.4, -0.2) is 74.9 Å². The molecule has 0 spiro atoms. The molecular weight excluding hydrogens is 521 g/mol. The number of hydrogen-bond acceptors (Lipinski definition) is 7. The van der Waals surface area contributed by atoms with Crippen molar-refractivity contribution >= 4 is 19.8 Å². The minimum Gasteiger partial charge on any atom is -0.462 e. The SMILES string of the molecule is CCCCCC/C=C\CCCCCCCC(=O)OC(COC(=O)CCCC)COP(=O)(O)OCC[N+](C)(C)C. The minimum atomic E-state index is -4.34. The first kappa shape index (κ1) is 37.8. The molecule has 0 rings (SSSR count). The van der Waals surface area contributed by atoms with Crippen LogP contribution in [0.25, 0.3) is 0 Å². The number of nitrogens with zero attached hydrogens (tertiary/aromatic N) is 1.